The molecular weight excluding hydrogens is 949 g/mol. The SMILES string of the molecule is CC/C=C\C/C=C\C/C=C\C/C=C\C/C=C\C/C=C\CCC(=O)OC(COC(=O)CCCCCCCCCCCCC)COC(=O)CCCCCCCCCCCCCCCCCCCCCCCCCCCCCCC. The number of rotatable bonds is 61. The molecule has 0 rings (SSSR count). The summed E-state index contributed by atoms with van der Waals surface area (Å²) in [6.07, 6.45) is 85.3. The fraction of sp³-hybridized carbons (Fsp3) is 0.789. The van der Waals surface area contributed by atoms with E-state index in [9.17, 15) is 14.4 Å². The van der Waals surface area contributed by atoms with Crippen LogP contribution in [0.4, 0.5) is 0 Å². The fourth-order valence-corrected chi connectivity index (χ4v) is 9.77. The average Bonchev–Trinajstić information content (AvgIpc) is 3.43. The van der Waals surface area contributed by atoms with Gasteiger partial charge in [-0.1, -0.05) is 338 Å². The van der Waals surface area contributed by atoms with Gasteiger partial charge in [0, 0.05) is 19.3 Å². The summed E-state index contributed by atoms with van der Waals surface area (Å²) in [6.45, 7) is 6.50. The van der Waals surface area contributed by atoms with Crippen LogP contribution < -0.4 is 0 Å². The van der Waals surface area contributed by atoms with E-state index in [0.29, 0.717) is 19.3 Å². The number of hydrogen-bond donors (Lipinski definition) is 0. The van der Waals surface area contributed by atoms with Crippen LogP contribution >= 0.6 is 0 Å². The molecule has 0 heterocycles. The minimum Gasteiger partial charge on any atom is -0.462 e. The molecule has 0 radical (unpaired) electrons. The van der Waals surface area contributed by atoms with Gasteiger partial charge in [-0.05, 0) is 57.8 Å². The molecule has 0 aromatic rings. The molecule has 446 valence electrons. The molecule has 0 N–H and O–H groups in total. The van der Waals surface area contributed by atoms with Crippen LogP contribution in [0.1, 0.15) is 342 Å². The molecule has 0 aromatic heterocycles. The molecular formula is C71H126O6. The predicted octanol–water partition coefficient (Wildman–Crippen LogP) is 22.9. The normalized spacial score (nSPS) is 12.5. The summed E-state index contributed by atoms with van der Waals surface area (Å²) in [5.41, 5.74) is 0. The maximum atomic E-state index is 12.9. The lowest BCUT2D eigenvalue weighted by atomic mass is 10.0. The van der Waals surface area contributed by atoms with Gasteiger partial charge in [0.15, 0.2) is 6.10 Å². The van der Waals surface area contributed by atoms with Gasteiger partial charge in [0.2, 0.25) is 0 Å². The van der Waals surface area contributed by atoms with E-state index in [1.165, 1.54) is 218 Å². The summed E-state index contributed by atoms with van der Waals surface area (Å²) in [4.78, 5) is 38.2. The van der Waals surface area contributed by atoms with Crippen molar-refractivity contribution in [3.8, 4) is 0 Å². The topological polar surface area (TPSA) is 78.9 Å². The van der Waals surface area contributed by atoms with Gasteiger partial charge in [-0.15, -0.1) is 0 Å². The van der Waals surface area contributed by atoms with Crippen molar-refractivity contribution in [2.24, 2.45) is 0 Å². The Morgan fingerprint density at radius 1 is 0.273 bits per heavy atom. The van der Waals surface area contributed by atoms with Gasteiger partial charge in [0.25, 0.3) is 0 Å². The van der Waals surface area contributed by atoms with Crippen molar-refractivity contribution in [2.45, 2.75) is 348 Å². The van der Waals surface area contributed by atoms with E-state index in [-0.39, 0.29) is 37.5 Å². The highest BCUT2D eigenvalue weighted by Crippen LogP contribution is 2.18. The zero-order valence-electron chi connectivity index (χ0n) is 51.2. The molecule has 0 saturated heterocycles. The maximum Gasteiger partial charge on any atom is 0.306 e. The molecule has 6 heteroatoms. The second kappa shape index (κ2) is 65.4. The summed E-state index contributed by atoms with van der Waals surface area (Å²) < 4.78 is 16.8. The quantitative estimate of drug-likeness (QED) is 0.0261. The first kappa shape index (κ1) is 73.8. The summed E-state index contributed by atoms with van der Waals surface area (Å²) in [5.74, 6) is -0.971. The van der Waals surface area contributed by atoms with E-state index in [4.69, 9.17) is 14.2 Å². The number of carbonyl (C=O) groups excluding carboxylic acids is 3. The Bertz CT molecular complexity index is 1420. The highest BCUT2D eigenvalue weighted by Gasteiger charge is 2.19. The number of carbonyl (C=O) groups is 3. The standard InChI is InChI=1S/C71H126O6/c1-4-7-10-13-16-19-22-24-26-28-30-31-32-33-34-35-36-37-38-39-41-42-44-46-49-52-55-58-61-64-70(73)76-67-68(66-75-69(72)63-60-57-54-51-48-21-18-15-12-9-6-3)77-71(74)65-62-59-56-53-50-47-45-43-40-29-27-25-23-20-17-14-11-8-5-2/h8,11,17,20,25,27,40,43,47,50,56,59,68H,4-7,9-10,12-16,18-19,21-24,26,28-39,41-42,44-46,48-49,51-55,57-58,60-67H2,1-3H3/b11-8-,20-17-,27-25-,43-40-,50-47-,59-56-. The van der Waals surface area contributed by atoms with Crippen LogP contribution in [0.3, 0.4) is 0 Å². The van der Waals surface area contributed by atoms with E-state index < -0.39 is 6.10 Å². The second-order valence-electron chi connectivity index (χ2n) is 22.4. The predicted molar refractivity (Wildman–Crippen MR) is 335 cm³/mol. The number of allylic oxidation sites excluding steroid dienone is 12. The van der Waals surface area contributed by atoms with Crippen molar-refractivity contribution in [3.05, 3.63) is 72.9 Å². The van der Waals surface area contributed by atoms with Gasteiger partial charge < -0.3 is 14.2 Å². The molecule has 0 aromatic carbocycles. The molecule has 0 spiro atoms. The molecule has 0 aliphatic carbocycles. The first-order valence-electron chi connectivity index (χ1n) is 33.4. The van der Waals surface area contributed by atoms with Crippen LogP contribution in [-0.4, -0.2) is 37.2 Å². The lowest BCUT2D eigenvalue weighted by molar-refractivity contribution is -0.166. The number of esters is 3. The van der Waals surface area contributed by atoms with E-state index >= 15 is 0 Å². The van der Waals surface area contributed by atoms with E-state index in [1.807, 2.05) is 6.08 Å². The van der Waals surface area contributed by atoms with Crippen molar-refractivity contribution >= 4 is 17.9 Å². The molecule has 0 saturated carbocycles. The van der Waals surface area contributed by atoms with Crippen molar-refractivity contribution in [3.63, 3.8) is 0 Å². The third kappa shape index (κ3) is 63.6. The molecule has 0 bridgehead atoms. The Hall–Kier alpha value is -3.15. The van der Waals surface area contributed by atoms with Crippen LogP contribution in [0.15, 0.2) is 72.9 Å². The zero-order valence-corrected chi connectivity index (χ0v) is 51.2. The monoisotopic (exact) mass is 1070 g/mol. The zero-order chi connectivity index (χ0) is 55.7. The minimum absolute atomic E-state index is 0.101. The summed E-state index contributed by atoms with van der Waals surface area (Å²) >= 11 is 0. The average molecular weight is 1080 g/mol. The highest BCUT2D eigenvalue weighted by molar-refractivity contribution is 5.71. The third-order valence-electron chi connectivity index (χ3n) is 14.7. The number of ether oxygens (including phenoxy) is 3. The Morgan fingerprint density at radius 2 is 0.506 bits per heavy atom. The smallest absolute Gasteiger partial charge is 0.306 e. The van der Waals surface area contributed by atoms with Gasteiger partial charge in [-0.2, -0.15) is 0 Å². The minimum atomic E-state index is -0.813. The lowest BCUT2D eigenvalue weighted by Gasteiger charge is -2.18. The van der Waals surface area contributed by atoms with Crippen molar-refractivity contribution < 1.29 is 28.6 Å². The highest BCUT2D eigenvalue weighted by atomic mass is 16.6. The molecule has 0 amide bonds. The molecule has 0 fully saturated rings. The Balaban J connectivity index is 4.23. The lowest BCUT2D eigenvalue weighted by Crippen LogP contribution is -2.30. The van der Waals surface area contributed by atoms with Gasteiger partial charge >= 0.3 is 17.9 Å². The van der Waals surface area contributed by atoms with Gasteiger partial charge in [-0.3, -0.25) is 14.4 Å². The largest absolute Gasteiger partial charge is 0.462 e. The molecule has 0 aliphatic rings. The summed E-state index contributed by atoms with van der Waals surface area (Å²) in [7, 11) is 0. The first-order valence-corrected chi connectivity index (χ1v) is 33.4. The van der Waals surface area contributed by atoms with Gasteiger partial charge in [0.05, 0.1) is 0 Å². The van der Waals surface area contributed by atoms with Crippen LogP contribution in [0.2, 0.25) is 0 Å². The molecule has 1 atom stereocenters. The fourth-order valence-electron chi connectivity index (χ4n) is 9.77. The Kier molecular flexibility index (Phi) is 62.7. The number of hydrogen-bond acceptors (Lipinski definition) is 6. The van der Waals surface area contributed by atoms with Crippen LogP contribution in [-0.2, 0) is 28.6 Å². The van der Waals surface area contributed by atoms with Crippen LogP contribution in [0.25, 0.3) is 0 Å². The Labute approximate surface area is 478 Å². The third-order valence-corrected chi connectivity index (χ3v) is 14.7. The Morgan fingerprint density at radius 3 is 0.766 bits per heavy atom. The van der Waals surface area contributed by atoms with Crippen molar-refractivity contribution in [1.82, 2.24) is 0 Å². The number of unbranched alkanes of at least 4 members (excludes halogenated alkanes) is 38. The van der Waals surface area contributed by atoms with Crippen molar-refractivity contribution in [2.75, 3.05) is 13.2 Å². The second-order valence-corrected chi connectivity index (χ2v) is 22.4. The molecule has 77 heavy (non-hydrogen) atoms. The van der Waals surface area contributed by atoms with Crippen LogP contribution in [0.5, 0.6) is 0 Å². The summed E-state index contributed by atoms with van der Waals surface area (Å²) in [6, 6.07) is 0. The molecule has 1 unspecified atom stereocenters. The van der Waals surface area contributed by atoms with E-state index in [1.54, 1.807) is 0 Å². The molecule has 0 aliphatic heterocycles. The van der Waals surface area contributed by atoms with Gasteiger partial charge in [0.1, 0.15) is 13.2 Å². The summed E-state index contributed by atoms with van der Waals surface area (Å²) in [5, 5.41) is 0. The molecule has 6 nitrogen and oxygen atoms in total. The maximum absolute atomic E-state index is 12.9. The first-order chi connectivity index (χ1) is 38.0. The van der Waals surface area contributed by atoms with E-state index in [2.05, 4.69) is 87.6 Å². The van der Waals surface area contributed by atoms with Crippen molar-refractivity contribution in [1.29, 1.82) is 0 Å². The van der Waals surface area contributed by atoms with Crippen LogP contribution in [0, 0.1) is 0 Å². The van der Waals surface area contributed by atoms with E-state index in [0.717, 1.165) is 77.0 Å². The van der Waals surface area contributed by atoms with Gasteiger partial charge in [-0.25, -0.2) is 0 Å².